The topological polar surface area (TPSA) is 65.0 Å². The van der Waals surface area contributed by atoms with Gasteiger partial charge in [-0.15, -0.1) is 0 Å². The zero-order valence-electron chi connectivity index (χ0n) is 9.10. The van der Waals surface area contributed by atoms with Crippen molar-refractivity contribution in [2.45, 2.75) is 12.7 Å². The molecule has 1 atom stereocenters. The Balaban J connectivity index is 2.45. The number of carbonyl (C=O) groups excluding carboxylic acids is 1. The molecule has 2 rings (SSSR count). The van der Waals surface area contributed by atoms with Crippen LogP contribution in [0.3, 0.4) is 0 Å². The quantitative estimate of drug-likeness (QED) is 0.839. The Labute approximate surface area is 106 Å². The summed E-state index contributed by atoms with van der Waals surface area (Å²) in [7, 11) is 1.22. The summed E-state index contributed by atoms with van der Waals surface area (Å²) in [6, 6.07) is 3.45. The predicted molar refractivity (Wildman–Crippen MR) is 61.4 cm³/mol. The van der Waals surface area contributed by atoms with Crippen LogP contribution in [0.4, 0.5) is 0 Å². The molecule has 1 aliphatic heterocycles. The number of aliphatic hydroxyl groups excluding tert-OH is 1. The summed E-state index contributed by atoms with van der Waals surface area (Å²) >= 11 is 3.31. The van der Waals surface area contributed by atoms with Crippen molar-refractivity contribution in [1.29, 1.82) is 0 Å². The number of esters is 1. The smallest absolute Gasteiger partial charge is 0.339 e. The van der Waals surface area contributed by atoms with Crippen LogP contribution in [-0.2, 0) is 20.9 Å². The van der Waals surface area contributed by atoms with Crippen molar-refractivity contribution in [3.8, 4) is 5.75 Å². The van der Waals surface area contributed by atoms with Gasteiger partial charge in [0, 0.05) is 15.6 Å². The van der Waals surface area contributed by atoms with Gasteiger partial charge in [0.05, 0.1) is 13.7 Å². The lowest BCUT2D eigenvalue weighted by Crippen LogP contribution is -2.19. The zero-order chi connectivity index (χ0) is 12.4. The van der Waals surface area contributed by atoms with E-state index in [2.05, 4.69) is 20.7 Å². The average Bonchev–Trinajstić information content (AvgIpc) is 2.35. The average molecular weight is 303 g/mol. The molecule has 0 aliphatic carbocycles. The first-order valence-electron chi connectivity index (χ1n) is 4.92. The van der Waals surface area contributed by atoms with Gasteiger partial charge in [0.2, 0.25) is 0 Å². The molecule has 5 nitrogen and oxygen atoms in total. The van der Waals surface area contributed by atoms with Gasteiger partial charge in [-0.05, 0) is 12.1 Å². The summed E-state index contributed by atoms with van der Waals surface area (Å²) in [5.74, 6) is -0.238. The van der Waals surface area contributed by atoms with Crippen LogP contribution in [-0.4, -0.2) is 25.0 Å². The summed E-state index contributed by atoms with van der Waals surface area (Å²) in [5, 5.41) is 9.85. The predicted octanol–water partition coefficient (Wildman–Crippen LogP) is 1.52. The number of hydrogen-bond donors (Lipinski definition) is 1. The Morgan fingerprint density at radius 2 is 2.35 bits per heavy atom. The fourth-order valence-corrected chi connectivity index (χ4v) is 2.17. The Morgan fingerprint density at radius 3 is 3.06 bits per heavy atom. The first kappa shape index (κ1) is 12.3. The molecular formula is C11H11BrO5. The Kier molecular flexibility index (Phi) is 3.66. The number of rotatable bonds is 2. The minimum Gasteiger partial charge on any atom is -0.467 e. The van der Waals surface area contributed by atoms with Crippen molar-refractivity contribution in [1.82, 2.24) is 0 Å². The molecule has 1 heterocycles. The van der Waals surface area contributed by atoms with Crippen LogP contribution in [0.5, 0.6) is 5.75 Å². The summed E-state index contributed by atoms with van der Waals surface area (Å²) in [5.41, 5.74) is 1.16. The second kappa shape index (κ2) is 5.03. The highest BCUT2D eigenvalue weighted by atomic mass is 79.9. The van der Waals surface area contributed by atoms with Crippen molar-refractivity contribution >= 4 is 21.9 Å². The first-order valence-corrected chi connectivity index (χ1v) is 5.71. The molecular weight excluding hydrogens is 292 g/mol. The van der Waals surface area contributed by atoms with E-state index in [9.17, 15) is 9.90 Å². The summed E-state index contributed by atoms with van der Waals surface area (Å²) in [6.45, 7) is 0.491. The number of methoxy groups -OCH3 is 1. The third kappa shape index (κ3) is 2.43. The van der Waals surface area contributed by atoms with Gasteiger partial charge in [-0.2, -0.15) is 0 Å². The number of ether oxygens (including phenoxy) is 3. The fraction of sp³-hybridized carbons (Fsp3) is 0.364. The van der Waals surface area contributed by atoms with Gasteiger partial charge in [0.15, 0.2) is 12.9 Å². The third-order valence-electron chi connectivity index (χ3n) is 2.42. The summed E-state index contributed by atoms with van der Waals surface area (Å²) in [6.07, 6.45) is -1.36. The number of hydrogen-bond acceptors (Lipinski definition) is 5. The Bertz CT molecular complexity index is 446. The Hall–Kier alpha value is -1.11. The fourth-order valence-electron chi connectivity index (χ4n) is 1.65. The molecule has 1 aromatic carbocycles. The highest BCUT2D eigenvalue weighted by Gasteiger charge is 2.26. The van der Waals surface area contributed by atoms with E-state index >= 15 is 0 Å². The molecule has 0 saturated heterocycles. The molecule has 0 radical (unpaired) electrons. The van der Waals surface area contributed by atoms with Gasteiger partial charge in [0.1, 0.15) is 5.75 Å². The highest BCUT2D eigenvalue weighted by Crippen LogP contribution is 2.35. The number of fused-ring (bicyclic) bond motifs is 1. The van der Waals surface area contributed by atoms with E-state index in [1.54, 1.807) is 6.07 Å². The van der Waals surface area contributed by atoms with E-state index < -0.39 is 12.1 Å². The molecule has 92 valence electrons. The number of benzene rings is 1. The molecule has 1 unspecified atom stereocenters. The van der Waals surface area contributed by atoms with E-state index in [-0.39, 0.29) is 6.79 Å². The van der Waals surface area contributed by atoms with E-state index in [1.807, 2.05) is 6.07 Å². The maximum absolute atomic E-state index is 11.3. The van der Waals surface area contributed by atoms with Gasteiger partial charge in [-0.3, -0.25) is 0 Å². The van der Waals surface area contributed by atoms with Gasteiger partial charge in [-0.25, -0.2) is 4.79 Å². The summed E-state index contributed by atoms with van der Waals surface area (Å²) in [4.78, 5) is 11.3. The number of aliphatic hydroxyl groups is 1. The molecule has 1 aromatic rings. The lowest BCUT2D eigenvalue weighted by Gasteiger charge is -2.22. The maximum Gasteiger partial charge on any atom is 0.339 e. The minimum absolute atomic E-state index is 0.107. The minimum atomic E-state index is -1.36. The molecule has 0 fully saturated rings. The number of carbonyl (C=O) groups is 1. The van der Waals surface area contributed by atoms with Gasteiger partial charge < -0.3 is 19.3 Å². The molecule has 0 aromatic heterocycles. The monoisotopic (exact) mass is 302 g/mol. The zero-order valence-corrected chi connectivity index (χ0v) is 10.7. The normalized spacial score (nSPS) is 15.7. The van der Waals surface area contributed by atoms with Crippen LogP contribution in [0.15, 0.2) is 16.6 Å². The third-order valence-corrected chi connectivity index (χ3v) is 2.88. The van der Waals surface area contributed by atoms with Crippen LogP contribution < -0.4 is 4.74 Å². The van der Waals surface area contributed by atoms with Gasteiger partial charge in [0.25, 0.3) is 0 Å². The summed E-state index contributed by atoms with van der Waals surface area (Å²) < 4.78 is 15.7. The van der Waals surface area contributed by atoms with E-state index in [4.69, 9.17) is 9.47 Å². The molecule has 0 saturated carbocycles. The molecule has 17 heavy (non-hydrogen) atoms. The van der Waals surface area contributed by atoms with Crippen molar-refractivity contribution in [2.24, 2.45) is 0 Å². The highest BCUT2D eigenvalue weighted by molar-refractivity contribution is 9.10. The standard InChI is InChI=1S/C11H11BrO5/c1-15-11(14)9(13)8-3-7(12)2-6-4-16-5-17-10(6)8/h2-3,9,13H,4-5H2,1H3. The van der Waals surface area contributed by atoms with Crippen LogP contribution >= 0.6 is 15.9 Å². The van der Waals surface area contributed by atoms with Crippen molar-refractivity contribution < 1.29 is 24.1 Å². The Morgan fingerprint density at radius 1 is 1.59 bits per heavy atom. The second-order valence-corrected chi connectivity index (χ2v) is 4.44. The lowest BCUT2D eigenvalue weighted by atomic mass is 10.0. The van der Waals surface area contributed by atoms with Crippen LogP contribution in [0.25, 0.3) is 0 Å². The van der Waals surface area contributed by atoms with Crippen LogP contribution in [0.1, 0.15) is 17.2 Å². The largest absolute Gasteiger partial charge is 0.467 e. The van der Waals surface area contributed by atoms with Crippen LogP contribution in [0.2, 0.25) is 0 Å². The second-order valence-electron chi connectivity index (χ2n) is 3.52. The molecule has 1 N–H and O–H groups in total. The maximum atomic E-state index is 11.3. The van der Waals surface area contributed by atoms with Crippen molar-refractivity contribution in [3.05, 3.63) is 27.7 Å². The van der Waals surface area contributed by atoms with E-state index in [1.165, 1.54) is 7.11 Å². The van der Waals surface area contributed by atoms with Crippen LogP contribution in [0, 0.1) is 0 Å². The number of halogens is 1. The van der Waals surface area contributed by atoms with E-state index in [0.29, 0.717) is 17.9 Å². The van der Waals surface area contributed by atoms with Crippen molar-refractivity contribution in [3.63, 3.8) is 0 Å². The first-order chi connectivity index (χ1) is 8.13. The van der Waals surface area contributed by atoms with E-state index in [0.717, 1.165) is 10.0 Å². The lowest BCUT2D eigenvalue weighted by molar-refractivity contribution is -0.150. The molecule has 1 aliphatic rings. The molecule has 0 spiro atoms. The van der Waals surface area contributed by atoms with Gasteiger partial charge >= 0.3 is 5.97 Å². The molecule has 6 heteroatoms. The van der Waals surface area contributed by atoms with Crippen molar-refractivity contribution in [2.75, 3.05) is 13.9 Å². The van der Waals surface area contributed by atoms with Gasteiger partial charge in [-0.1, -0.05) is 15.9 Å². The molecule has 0 amide bonds. The molecule has 0 bridgehead atoms. The SMILES string of the molecule is COC(=O)C(O)c1cc(Br)cc2c1OCOC2.